The minimum Gasteiger partial charge on any atom is -0.294 e. The van der Waals surface area contributed by atoms with Crippen LogP contribution in [0.1, 0.15) is 67.9 Å². The van der Waals surface area contributed by atoms with Gasteiger partial charge >= 0.3 is 0 Å². The number of carbonyl (C=O) groups is 1. The summed E-state index contributed by atoms with van der Waals surface area (Å²) >= 11 is 0. The summed E-state index contributed by atoms with van der Waals surface area (Å²) in [4.78, 5) is 12.6. The lowest BCUT2D eigenvalue weighted by Crippen LogP contribution is -2.24. The maximum atomic E-state index is 12.6. The zero-order chi connectivity index (χ0) is 13.2. The van der Waals surface area contributed by atoms with E-state index in [0.29, 0.717) is 5.78 Å². The molecule has 98 valence electrons. The van der Waals surface area contributed by atoms with E-state index in [1.165, 1.54) is 24.0 Å². The molecule has 18 heavy (non-hydrogen) atoms. The predicted molar refractivity (Wildman–Crippen MR) is 76.1 cm³/mol. The lowest BCUT2D eigenvalue weighted by atomic mass is 9.80. The Balaban J connectivity index is 2.31. The Morgan fingerprint density at radius 2 is 1.72 bits per heavy atom. The molecule has 0 atom stereocenters. The molecule has 2 rings (SSSR count). The van der Waals surface area contributed by atoms with Gasteiger partial charge in [0.25, 0.3) is 0 Å². The highest BCUT2D eigenvalue weighted by Gasteiger charge is 2.36. The Kier molecular flexibility index (Phi) is 3.89. The van der Waals surface area contributed by atoms with Gasteiger partial charge in [0, 0.05) is 11.0 Å². The summed E-state index contributed by atoms with van der Waals surface area (Å²) in [5.41, 5.74) is 3.54. The van der Waals surface area contributed by atoms with Crippen molar-refractivity contribution in [3.8, 4) is 0 Å². The van der Waals surface area contributed by atoms with Crippen LogP contribution in [0.4, 0.5) is 0 Å². The highest BCUT2D eigenvalue weighted by atomic mass is 16.1. The minimum absolute atomic E-state index is 0.0985. The van der Waals surface area contributed by atoms with Crippen LogP contribution in [0.5, 0.6) is 0 Å². The van der Waals surface area contributed by atoms with Gasteiger partial charge in [-0.15, -0.1) is 0 Å². The van der Waals surface area contributed by atoms with Crippen LogP contribution in [0, 0.1) is 5.41 Å². The van der Waals surface area contributed by atoms with Crippen LogP contribution < -0.4 is 0 Å². The van der Waals surface area contributed by atoms with Crippen molar-refractivity contribution in [2.45, 2.75) is 59.3 Å². The maximum Gasteiger partial charge on any atom is 0.168 e. The number of ketones is 1. The van der Waals surface area contributed by atoms with E-state index in [4.69, 9.17) is 0 Å². The molecule has 0 bridgehead atoms. The largest absolute Gasteiger partial charge is 0.294 e. The fourth-order valence-corrected chi connectivity index (χ4v) is 3.17. The highest BCUT2D eigenvalue weighted by Crippen LogP contribution is 2.40. The van der Waals surface area contributed by atoms with Crippen LogP contribution >= 0.6 is 0 Å². The van der Waals surface area contributed by atoms with E-state index in [1.807, 2.05) is 6.07 Å². The van der Waals surface area contributed by atoms with E-state index < -0.39 is 0 Å². The van der Waals surface area contributed by atoms with Gasteiger partial charge in [-0.25, -0.2) is 0 Å². The van der Waals surface area contributed by atoms with Crippen molar-refractivity contribution in [1.82, 2.24) is 0 Å². The Hall–Kier alpha value is -1.11. The fraction of sp³-hybridized carbons (Fsp3) is 0.588. The van der Waals surface area contributed by atoms with E-state index in [2.05, 4.69) is 32.9 Å². The molecule has 0 aliphatic heterocycles. The standard InChI is InChI=1S/C17H24O/c1-4-13-8-9-15(12-14(13)5-2)16(18)17(3)10-6-7-11-17/h8-9,12H,4-7,10-11H2,1-3H3. The van der Waals surface area contributed by atoms with Crippen molar-refractivity contribution in [2.24, 2.45) is 5.41 Å². The van der Waals surface area contributed by atoms with E-state index in [-0.39, 0.29) is 5.41 Å². The molecule has 1 aliphatic rings. The van der Waals surface area contributed by atoms with Crippen LogP contribution in [-0.4, -0.2) is 5.78 Å². The summed E-state index contributed by atoms with van der Waals surface area (Å²) in [6, 6.07) is 6.30. The van der Waals surface area contributed by atoms with Crippen LogP contribution in [0.15, 0.2) is 18.2 Å². The summed E-state index contributed by atoms with van der Waals surface area (Å²) < 4.78 is 0. The molecule has 1 nitrogen and oxygen atoms in total. The molecular weight excluding hydrogens is 220 g/mol. The van der Waals surface area contributed by atoms with Gasteiger partial charge < -0.3 is 0 Å². The fourth-order valence-electron chi connectivity index (χ4n) is 3.17. The lowest BCUT2D eigenvalue weighted by Gasteiger charge is -2.22. The summed E-state index contributed by atoms with van der Waals surface area (Å²) in [5.74, 6) is 0.359. The van der Waals surface area contributed by atoms with Gasteiger partial charge in [0.1, 0.15) is 0 Å². The monoisotopic (exact) mass is 244 g/mol. The number of benzene rings is 1. The van der Waals surface area contributed by atoms with Crippen molar-refractivity contribution in [3.05, 3.63) is 34.9 Å². The minimum atomic E-state index is -0.0985. The molecule has 0 spiro atoms. The van der Waals surface area contributed by atoms with E-state index >= 15 is 0 Å². The molecule has 0 N–H and O–H groups in total. The Morgan fingerprint density at radius 1 is 1.11 bits per heavy atom. The Bertz CT molecular complexity index is 439. The first-order valence-electron chi connectivity index (χ1n) is 7.27. The number of Topliss-reactive ketones (excluding diaryl/α,β-unsaturated/α-hetero) is 1. The molecule has 0 radical (unpaired) electrons. The van der Waals surface area contributed by atoms with Gasteiger partial charge in [0.2, 0.25) is 0 Å². The van der Waals surface area contributed by atoms with E-state index in [9.17, 15) is 4.79 Å². The van der Waals surface area contributed by atoms with Crippen LogP contribution in [0.3, 0.4) is 0 Å². The predicted octanol–water partition coefficient (Wildman–Crippen LogP) is 4.57. The molecule has 0 amide bonds. The van der Waals surface area contributed by atoms with Crippen molar-refractivity contribution in [3.63, 3.8) is 0 Å². The molecule has 0 saturated heterocycles. The molecule has 1 aromatic carbocycles. The normalized spacial score (nSPS) is 17.9. The SMILES string of the molecule is CCc1ccc(C(=O)C2(C)CCCC2)cc1CC. The topological polar surface area (TPSA) is 17.1 Å². The second-order valence-corrected chi connectivity index (χ2v) is 5.79. The van der Waals surface area contributed by atoms with Gasteiger partial charge in [0.05, 0.1) is 0 Å². The van der Waals surface area contributed by atoms with Gasteiger partial charge in [-0.2, -0.15) is 0 Å². The first-order valence-corrected chi connectivity index (χ1v) is 7.27. The summed E-state index contributed by atoms with van der Waals surface area (Å²) in [7, 11) is 0. The third-order valence-electron chi connectivity index (χ3n) is 4.49. The third kappa shape index (κ3) is 2.36. The molecule has 1 fully saturated rings. The first-order chi connectivity index (χ1) is 8.60. The van der Waals surface area contributed by atoms with E-state index in [0.717, 1.165) is 31.2 Å². The van der Waals surface area contributed by atoms with Crippen LogP contribution in [0.25, 0.3) is 0 Å². The highest BCUT2D eigenvalue weighted by molar-refractivity contribution is 6.00. The van der Waals surface area contributed by atoms with Gasteiger partial charge in [-0.05, 0) is 42.9 Å². The summed E-state index contributed by atoms with van der Waals surface area (Å²) in [5, 5.41) is 0. The van der Waals surface area contributed by atoms with Crippen molar-refractivity contribution in [1.29, 1.82) is 0 Å². The van der Waals surface area contributed by atoms with Gasteiger partial charge in [-0.1, -0.05) is 45.7 Å². The molecule has 0 heterocycles. The second kappa shape index (κ2) is 5.26. The van der Waals surface area contributed by atoms with Crippen molar-refractivity contribution >= 4 is 5.78 Å². The first kappa shape index (κ1) is 13.3. The average molecular weight is 244 g/mol. The molecule has 1 heteroatoms. The molecule has 1 aromatic rings. The van der Waals surface area contributed by atoms with Gasteiger partial charge in [0.15, 0.2) is 5.78 Å². The zero-order valence-corrected chi connectivity index (χ0v) is 11.9. The smallest absolute Gasteiger partial charge is 0.168 e. The molecular formula is C17H24O. The number of aryl methyl sites for hydroxylation is 2. The van der Waals surface area contributed by atoms with Crippen molar-refractivity contribution < 1.29 is 4.79 Å². The number of hydrogen-bond donors (Lipinski definition) is 0. The number of hydrogen-bond acceptors (Lipinski definition) is 1. The van der Waals surface area contributed by atoms with Gasteiger partial charge in [-0.3, -0.25) is 4.79 Å². The number of carbonyl (C=O) groups excluding carboxylic acids is 1. The van der Waals surface area contributed by atoms with Crippen LogP contribution in [0.2, 0.25) is 0 Å². The molecule has 0 aromatic heterocycles. The lowest BCUT2D eigenvalue weighted by molar-refractivity contribution is 0.0823. The quantitative estimate of drug-likeness (QED) is 0.709. The van der Waals surface area contributed by atoms with E-state index in [1.54, 1.807) is 0 Å². The molecule has 0 unspecified atom stereocenters. The molecule has 1 saturated carbocycles. The summed E-state index contributed by atoms with van der Waals surface area (Å²) in [6.45, 7) is 6.48. The Morgan fingerprint density at radius 3 is 2.28 bits per heavy atom. The van der Waals surface area contributed by atoms with Crippen LogP contribution in [-0.2, 0) is 12.8 Å². The Labute approximate surface area is 111 Å². The molecule has 1 aliphatic carbocycles. The average Bonchev–Trinajstić information content (AvgIpc) is 2.85. The number of rotatable bonds is 4. The third-order valence-corrected chi connectivity index (χ3v) is 4.49. The van der Waals surface area contributed by atoms with Crippen molar-refractivity contribution in [2.75, 3.05) is 0 Å². The second-order valence-electron chi connectivity index (χ2n) is 5.79. The zero-order valence-electron chi connectivity index (χ0n) is 11.9. The maximum absolute atomic E-state index is 12.6. The summed E-state index contributed by atoms with van der Waals surface area (Å²) in [6.07, 6.45) is 6.59.